The minimum Gasteiger partial charge on any atom is -0.497 e. The minimum atomic E-state index is -0.342. The lowest BCUT2D eigenvalue weighted by Crippen LogP contribution is -2.15. The molecule has 0 saturated carbocycles. The maximum atomic E-state index is 12.4. The predicted octanol–water partition coefficient (Wildman–Crippen LogP) is 3.30. The first-order chi connectivity index (χ1) is 10.0. The molecule has 0 bridgehead atoms. The second-order valence-electron chi connectivity index (χ2n) is 4.26. The fraction of sp³-hybridized carbons (Fsp3) is 0.133. The summed E-state index contributed by atoms with van der Waals surface area (Å²) in [5.74, 6) is 0.715. The number of anilines is 2. The van der Waals surface area contributed by atoms with E-state index in [4.69, 9.17) is 15.2 Å². The molecule has 0 saturated heterocycles. The van der Waals surface area contributed by atoms with Gasteiger partial charge in [-0.1, -0.05) is 22.0 Å². The number of halogens is 1. The fourth-order valence-electron chi connectivity index (χ4n) is 1.91. The normalized spacial score (nSPS) is 10.0. The number of hydrogen-bond donors (Lipinski definition) is 2. The third kappa shape index (κ3) is 3.46. The van der Waals surface area contributed by atoms with Crippen LogP contribution in [0.15, 0.2) is 40.9 Å². The van der Waals surface area contributed by atoms with Crippen molar-refractivity contribution in [3.8, 4) is 11.5 Å². The highest BCUT2D eigenvalue weighted by Crippen LogP contribution is 2.28. The average Bonchev–Trinajstić information content (AvgIpc) is 2.45. The Morgan fingerprint density at radius 2 is 1.95 bits per heavy atom. The number of hydrogen-bond acceptors (Lipinski definition) is 4. The van der Waals surface area contributed by atoms with Crippen molar-refractivity contribution in [2.24, 2.45) is 0 Å². The Bertz CT molecular complexity index is 674. The van der Waals surface area contributed by atoms with Gasteiger partial charge >= 0.3 is 0 Å². The van der Waals surface area contributed by atoms with E-state index in [0.717, 1.165) is 4.47 Å². The molecular weight excluding hydrogens is 336 g/mol. The van der Waals surface area contributed by atoms with Crippen LogP contribution in [-0.4, -0.2) is 20.1 Å². The summed E-state index contributed by atoms with van der Waals surface area (Å²) in [7, 11) is 3.05. The summed E-state index contributed by atoms with van der Waals surface area (Å²) in [4.78, 5) is 12.4. The summed E-state index contributed by atoms with van der Waals surface area (Å²) in [6.07, 6.45) is 0. The highest BCUT2D eigenvalue weighted by Gasteiger charge is 2.16. The van der Waals surface area contributed by atoms with Gasteiger partial charge in [-0.3, -0.25) is 4.79 Å². The number of nitrogens with one attached hydrogen (secondary N) is 1. The van der Waals surface area contributed by atoms with Crippen LogP contribution in [0.5, 0.6) is 11.5 Å². The molecular formula is C15H15BrN2O3. The van der Waals surface area contributed by atoms with E-state index in [9.17, 15) is 4.79 Å². The number of carbonyl (C=O) groups is 1. The van der Waals surface area contributed by atoms with E-state index in [2.05, 4.69) is 21.2 Å². The van der Waals surface area contributed by atoms with Crippen LogP contribution in [-0.2, 0) is 0 Å². The zero-order valence-corrected chi connectivity index (χ0v) is 13.2. The van der Waals surface area contributed by atoms with Crippen molar-refractivity contribution in [1.82, 2.24) is 0 Å². The molecule has 5 nitrogen and oxygen atoms in total. The largest absolute Gasteiger partial charge is 0.497 e. The lowest BCUT2D eigenvalue weighted by molar-refractivity contribution is 0.102. The van der Waals surface area contributed by atoms with E-state index in [0.29, 0.717) is 28.4 Å². The third-order valence-corrected chi connectivity index (χ3v) is 3.33. The first kappa shape index (κ1) is 15.2. The Kier molecular flexibility index (Phi) is 4.70. The highest BCUT2D eigenvalue weighted by molar-refractivity contribution is 9.10. The van der Waals surface area contributed by atoms with Crippen LogP contribution in [0.2, 0.25) is 0 Å². The second kappa shape index (κ2) is 6.49. The number of rotatable bonds is 4. The molecule has 3 N–H and O–H groups in total. The third-order valence-electron chi connectivity index (χ3n) is 2.87. The SMILES string of the molecule is COc1cc(Br)cc(NC(=O)c2c(N)cccc2OC)c1. The monoisotopic (exact) mass is 350 g/mol. The van der Waals surface area contributed by atoms with Gasteiger partial charge in [-0.25, -0.2) is 0 Å². The van der Waals surface area contributed by atoms with Crippen LogP contribution >= 0.6 is 15.9 Å². The Balaban J connectivity index is 2.32. The summed E-state index contributed by atoms with van der Waals surface area (Å²) in [6, 6.07) is 10.4. The molecule has 0 aromatic heterocycles. The molecule has 2 rings (SSSR count). The van der Waals surface area contributed by atoms with Crippen molar-refractivity contribution in [1.29, 1.82) is 0 Å². The fourth-order valence-corrected chi connectivity index (χ4v) is 2.38. The zero-order valence-electron chi connectivity index (χ0n) is 11.6. The van der Waals surface area contributed by atoms with Crippen LogP contribution in [0.4, 0.5) is 11.4 Å². The van der Waals surface area contributed by atoms with Gasteiger partial charge in [0.1, 0.15) is 17.1 Å². The minimum absolute atomic E-state index is 0.305. The Labute approximate surface area is 131 Å². The van der Waals surface area contributed by atoms with Gasteiger partial charge < -0.3 is 20.5 Å². The van der Waals surface area contributed by atoms with E-state index in [1.807, 2.05) is 0 Å². The van der Waals surface area contributed by atoms with Crippen LogP contribution in [0.3, 0.4) is 0 Å². The van der Waals surface area contributed by atoms with Gasteiger partial charge in [0.25, 0.3) is 5.91 Å². The van der Waals surface area contributed by atoms with Gasteiger partial charge in [0.2, 0.25) is 0 Å². The van der Waals surface area contributed by atoms with E-state index < -0.39 is 0 Å². The standard InChI is InChI=1S/C15H15BrN2O3/c1-20-11-7-9(16)6-10(8-11)18-15(19)14-12(17)4-3-5-13(14)21-2/h3-8H,17H2,1-2H3,(H,18,19). The summed E-state index contributed by atoms with van der Waals surface area (Å²) in [5.41, 5.74) is 7.12. The number of nitrogens with two attached hydrogens (primary N) is 1. The molecule has 0 fully saturated rings. The van der Waals surface area contributed by atoms with Gasteiger partial charge in [0.15, 0.2) is 0 Å². The molecule has 0 aliphatic carbocycles. The number of carbonyl (C=O) groups excluding carboxylic acids is 1. The molecule has 0 aliphatic rings. The van der Waals surface area contributed by atoms with Crippen molar-refractivity contribution in [3.05, 3.63) is 46.4 Å². The van der Waals surface area contributed by atoms with Gasteiger partial charge in [0.05, 0.1) is 14.2 Å². The molecule has 2 aromatic rings. The maximum Gasteiger partial charge on any atom is 0.261 e. The molecule has 2 aromatic carbocycles. The Morgan fingerprint density at radius 3 is 2.62 bits per heavy atom. The van der Waals surface area contributed by atoms with E-state index in [-0.39, 0.29) is 5.91 Å². The molecule has 0 spiro atoms. The van der Waals surface area contributed by atoms with Gasteiger partial charge in [-0.15, -0.1) is 0 Å². The number of benzene rings is 2. The number of ether oxygens (including phenoxy) is 2. The van der Waals surface area contributed by atoms with Crippen LogP contribution in [0.25, 0.3) is 0 Å². The maximum absolute atomic E-state index is 12.4. The first-order valence-corrected chi connectivity index (χ1v) is 6.93. The molecule has 0 heterocycles. The van der Waals surface area contributed by atoms with Gasteiger partial charge in [0, 0.05) is 21.9 Å². The number of amides is 1. The summed E-state index contributed by atoms with van der Waals surface area (Å²) in [6.45, 7) is 0. The predicted molar refractivity (Wildman–Crippen MR) is 86.1 cm³/mol. The first-order valence-electron chi connectivity index (χ1n) is 6.13. The Hall–Kier alpha value is -2.21. The van der Waals surface area contributed by atoms with Gasteiger partial charge in [-0.2, -0.15) is 0 Å². The van der Waals surface area contributed by atoms with E-state index in [1.165, 1.54) is 7.11 Å². The smallest absolute Gasteiger partial charge is 0.261 e. The van der Waals surface area contributed by atoms with Crippen molar-refractivity contribution < 1.29 is 14.3 Å². The Morgan fingerprint density at radius 1 is 1.19 bits per heavy atom. The lowest BCUT2D eigenvalue weighted by Gasteiger charge is -2.12. The van der Waals surface area contributed by atoms with Crippen molar-refractivity contribution in [3.63, 3.8) is 0 Å². The summed E-state index contributed by atoms with van der Waals surface area (Å²) < 4.78 is 11.1. The highest BCUT2D eigenvalue weighted by atomic mass is 79.9. The second-order valence-corrected chi connectivity index (χ2v) is 5.17. The molecule has 0 radical (unpaired) electrons. The topological polar surface area (TPSA) is 73.6 Å². The molecule has 0 aliphatic heterocycles. The van der Waals surface area contributed by atoms with E-state index in [1.54, 1.807) is 43.5 Å². The molecule has 0 atom stereocenters. The molecule has 21 heavy (non-hydrogen) atoms. The average molecular weight is 351 g/mol. The summed E-state index contributed by atoms with van der Waals surface area (Å²) in [5, 5.41) is 2.78. The number of methoxy groups -OCH3 is 2. The molecule has 6 heteroatoms. The van der Waals surface area contributed by atoms with Crippen LogP contribution < -0.4 is 20.5 Å². The van der Waals surface area contributed by atoms with Gasteiger partial charge in [-0.05, 0) is 24.3 Å². The summed E-state index contributed by atoms with van der Waals surface area (Å²) >= 11 is 3.36. The van der Waals surface area contributed by atoms with E-state index >= 15 is 0 Å². The van der Waals surface area contributed by atoms with Crippen LogP contribution in [0, 0.1) is 0 Å². The number of nitrogen functional groups attached to an aromatic ring is 1. The molecule has 0 unspecified atom stereocenters. The lowest BCUT2D eigenvalue weighted by atomic mass is 10.1. The van der Waals surface area contributed by atoms with Crippen molar-refractivity contribution >= 4 is 33.2 Å². The quantitative estimate of drug-likeness (QED) is 0.829. The zero-order chi connectivity index (χ0) is 15.4. The van der Waals surface area contributed by atoms with Crippen molar-refractivity contribution in [2.45, 2.75) is 0 Å². The molecule has 110 valence electrons. The molecule has 1 amide bonds. The van der Waals surface area contributed by atoms with Crippen LogP contribution in [0.1, 0.15) is 10.4 Å². The van der Waals surface area contributed by atoms with Crippen molar-refractivity contribution in [2.75, 3.05) is 25.3 Å².